The van der Waals surface area contributed by atoms with Crippen molar-refractivity contribution in [2.24, 2.45) is 5.73 Å². The summed E-state index contributed by atoms with van der Waals surface area (Å²) in [5.74, 6) is -0.0755. The second-order valence-corrected chi connectivity index (χ2v) is 6.11. The topological polar surface area (TPSA) is 64.4 Å². The number of carbonyl (C=O) groups excluding carboxylic acids is 1. The smallest absolute Gasteiger partial charge is 0.240 e. The van der Waals surface area contributed by atoms with Crippen LogP contribution in [-0.2, 0) is 16.1 Å². The third-order valence-electron chi connectivity index (χ3n) is 3.72. The lowest BCUT2D eigenvalue weighted by Crippen LogP contribution is -2.56. The van der Waals surface area contributed by atoms with Crippen LogP contribution in [0.5, 0.6) is 0 Å². The minimum Gasteiger partial charge on any atom is -0.381 e. The monoisotopic (exact) mass is 330 g/mol. The first-order chi connectivity index (χ1) is 9.55. The fourth-order valence-corrected chi connectivity index (χ4v) is 3.02. The highest BCUT2D eigenvalue weighted by Gasteiger charge is 2.35. The van der Waals surface area contributed by atoms with Gasteiger partial charge >= 0.3 is 0 Å². The van der Waals surface area contributed by atoms with Crippen LogP contribution >= 0.6 is 24.2 Å². The predicted molar refractivity (Wildman–Crippen MR) is 89.0 cm³/mol. The Morgan fingerprint density at radius 2 is 2.10 bits per heavy atom. The van der Waals surface area contributed by atoms with Crippen molar-refractivity contribution >= 4 is 30.1 Å². The van der Waals surface area contributed by atoms with Crippen molar-refractivity contribution in [1.29, 1.82) is 0 Å². The summed E-state index contributed by atoms with van der Waals surface area (Å²) < 4.78 is 5.26. The molecule has 1 amide bonds. The molecule has 0 aliphatic carbocycles. The molecular formula is C15H23ClN2O2S. The van der Waals surface area contributed by atoms with Crippen molar-refractivity contribution in [3.63, 3.8) is 0 Å². The summed E-state index contributed by atoms with van der Waals surface area (Å²) in [4.78, 5) is 13.5. The van der Waals surface area contributed by atoms with Gasteiger partial charge in [0.2, 0.25) is 5.91 Å². The fourth-order valence-electron chi connectivity index (χ4n) is 2.31. The molecule has 1 saturated heterocycles. The molecule has 0 spiro atoms. The number of benzene rings is 1. The molecule has 4 nitrogen and oxygen atoms in total. The van der Waals surface area contributed by atoms with Crippen LogP contribution in [0.4, 0.5) is 0 Å². The third kappa shape index (κ3) is 4.61. The zero-order chi connectivity index (χ0) is 14.6. The Bertz CT molecular complexity index is 491. The third-order valence-corrected chi connectivity index (χ3v) is 4.54. The lowest BCUT2D eigenvalue weighted by molar-refractivity contribution is -0.129. The number of nitrogens with two attached hydrogens (primary N) is 1. The lowest BCUT2D eigenvalue weighted by Gasteiger charge is -2.31. The molecule has 1 aromatic carbocycles. The maximum atomic E-state index is 12.3. The summed E-state index contributed by atoms with van der Waals surface area (Å²) >= 11 is 1.69. The van der Waals surface area contributed by atoms with E-state index in [1.54, 1.807) is 11.8 Å². The molecule has 1 aliphatic heterocycles. The first-order valence-corrected chi connectivity index (χ1v) is 8.06. The number of thioether (sulfide) groups is 1. The Morgan fingerprint density at radius 1 is 1.43 bits per heavy atom. The highest BCUT2D eigenvalue weighted by Crippen LogP contribution is 2.22. The van der Waals surface area contributed by atoms with Gasteiger partial charge in [0.15, 0.2) is 0 Å². The van der Waals surface area contributed by atoms with E-state index in [-0.39, 0.29) is 18.3 Å². The molecule has 21 heavy (non-hydrogen) atoms. The number of rotatable bonds is 4. The number of amides is 1. The molecule has 1 aromatic rings. The number of halogens is 1. The van der Waals surface area contributed by atoms with Gasteiger partial charge < -0.3 is 15.8 Å². The normalized spacial score (nSPS) is 16.9. The van der Waals surface area contributed by atoms with Crippen molar-refractivity contribution in [3.05, 3.63) is 29.3 Å². The summed E-state index contributed by atoms with van der Waals surface area (Å²) in [6.45, 7) is 3.71. The lowest BCUT2D eigenvalue weighted by atomic mass is 9.90. The summed E-state index contributed by atoms with van der Waals surface area (Å²) in [5, 5.41) is 2.97. The fraction of sp³-hybridized carbons (Fsp3) is 0.533. The van der Waals surface area contributed by atoms with Gasteiger partial charge in [0.25, 0.3) is 0 Å². The van der Waals surface area contributed by atoms with Crippen LogP contribution < -0.4 is 11.1 Å². The number of nitrogens with one attached hydrogen (secondary N) is 1. The van der Waals surface area contributed by atoms with Crippen LogP contribution in [0.1, 0.15) is 24.0 Å². The van der Waals surface area contributed by atoms with Crippen LogP contribution in [0.25, 0.3) is 0 Å². The molecule has 0 radical (unpaired) electrons. The molecule has 1 heterocycles. The first-order valence-electron chi connectivity index (χ1n) is 6.83. The zero-order valence-corrected chi connectivity index (χ0v) is 14.1. The van der Waals surface area contributed by atoms with Crippen molar-refractivity contribution in [1.82, 2.24) is 5.32 Å². The van der Waals surface area contributed by atoms with Crippen molar-refractivity contribution < 1.29 is 9.53 Å². The van der Waals surface area contributed by atoms with E-state index in [0.29, 0.717) is 32.6 Å². The average molecular weight is 331 g/mol. The number of hydrogen-bond donors (Lipinski definition) is 2. The SMILES string of the molecule is CSc1cc(C)ccc1CNC(=O)C1(N)CCOCC1.Cl. The molecule has 0 saturated carbocycles. The standard InChI is InChI=1S/C15H22N2O2S.ClH/c1-11-3-4-12(13(9-11)20-2)10-17-14(18)15(16)5-7-19-8-6-15;/h3-4,9H,5-8,10,16H2,1-2H3,(H,17,18);1H. The maximum absolute atomic E-state index is 12.3. The van der Waals surface area contributed by atoms with E-state index < -0.39 is 5.54 Å². The van der Waals surface area contributed by atoms with E-state index in [1.807, 2.05) is 6.26 Å². The van der Waals surface area contributed by atoms with Crippen molar-refractivity contribution in [3.8, 4) is 0 Å². The first kappa shape index (κ1) is 18.3. The molecule has 0 atom stereocenters. The van der Waals surface area contributed by atoms with E-state index in [2.05, 4.69) is 30.4 Å². The molecule has 0 unspecified atom stereocenters. The minimum absolute atomic E-state index is 0. The van der Waals surface area contributed by atoms with Crippen molar-refractivity contribution in [2.75, 3.05) is 19.5 Å². The van der Waals surface area contributed by atoms with Gasteiger partial charge in [-0.15, -0.1) is 24.2 Å². The van der Waals surface area contributed by atoms with Crippen LogP contribution in [0, 0.1) is 6.92 Å². The van der Waals surface area contributed by atoms with Crippen LogP contribution in [0.15, 0.2) is 23.1 Å². The van der Waals surface area contributed by atoms with E-state index in [0.717, 1.165) is 5.56 Å². The van der Waals surface area contributed by atoms with Gasteiger partial charge in [-0.2, -0.15) is 0 Å². The molecule has 0 aromatic heterocycles. The molecule has 6 heteroatoms. The predicted octanol–water partition coefficient (Wildman–Crippen LogP) is 2.26. The second kappa shape index (κ2) is 8.03. The molecule has 2 rings (SSSR count). The van der Waals surface area contributed by atoms with E-state index in [1.165, 1.54) is 10.5 Å². The highest BCUT2D eigenvalue weighted by molar-refractivity contribution is 7.98. The number of hydrogen-bond acceptors (Lipinski definition) is 4. The van der Waals surface area contributed by atoms with E-state index in [4.69, 9.17) is 10.5 Å². The van der Waals surface area contributed by atoms with Gasteiger partial charge in [0.05, 0.1) is 5.54 Å². The van der Waals surface area contributed by atoms with Crippen LogP contribution in [0.3, 0.4) is 0 Å². The van der Waals surface area contributed by atoms with Gasteiger partial charge in [-0.05, 0) is 43.2 Å². The molecule has 3 N–H and O–H groups in total. The molecule has 1 aliphatic rings. The Hall–Kier alpha value is -0.750. The molecular weight excluding hydrogens is 308 g/mol. The Labute approximate surface area is 136 Å². The number of aryl methyl sites for hydroxylation is 1. The van der Waals surface area contributed by atoms with E-state index in [9.17, 15) is 4.79 Å². The number of carbonyl (C=O) groups is 1. The summed E-state index contributed by atoms with van der Waals surface area (Å²) in [6.07, 6.45) is 3.22. The van der Waals surface area contributed by atoms with Crippen molar-refractivity contribution in [2.45, 2.75) is 36.7 Å². The molecule has 1 fully saturated rings. The molecule has 0 bridgehead atoms. The van der Waals surface area contributed by atoms with Gasteiger partial charge in [0, 0.05) is 24.7 Å². The highest BCUT2D eigenvalue weighted by atomic mass is 35.5. The number of ether oxygens (including phenoxy) is 1. The summed E-state index contributed by atoms with van der Waals surface area (Å²) in [6, 6.07) is 6.27. The Morgan fingerprint density at radius 3 is 2.71 bits per heavy atom. The minimum atomic E-state index is -0.775. The summed E-state index contributed by atoms with van der Waals surface area (Å²) in [7, 11) is 0. The largest absolute Gasteiger partial charge is 0.381 e. The van der Waals surface area contributed by atoms with E-state index >= 15 is 0 Å². The Kier molecular flexibility index (Phi) is 7.00. The van der Waals surface area contributed by atoms with Gasteiger partial charge in [-0.1, -0.05) is 12.1 Å². The second-order valence-electron chi connectivity index (χ2n) is 5.27. The average Bonchev–Trinajstić information content (AvgIpc) is 2.46. The zero-order valence-electron chi connectivity index (χ0n) is 12.5. The quantitative estimate of drug-likeness (QED) is 0.831. The van der Waals surface area contributed by atoms with Gasteiger partial charge in [-0.25, -0.2) is 0 Å². The van der Waals surface area contributed by atoms with Gasteiger partial charge in [0.1, 0.15) is 0 Å². The Balaban J connectivity index is 0.00000220. The summed E-state index contributed by atoms with van der Waals surface area (Å²) in [5.41, 5.74) is 7.75. The van der Waals surface area contributed by atoms with Gasteiger partial charge in [-0.3, -0.25) is 4.79 Å². The molecule has 118 valence electrons. The maximum Gasteiger partial charge on any atom is 0.240 e. The van der Waals surface area contributed by atoms with Crippen LogP contribution in [-0.4, -0.2) is 30.9 Å². The van der Waals surface area contributed by atoms with Crippen LogP contribution in [0.2, 0.25) is 0 Å².